The molecule has 0 atom stereocenters. The van der Waals surface area contributed by atoms with Crippen LogP contribution < -0.4 is 9.80 Å². The fourth-order valence-electron chi connectivity index (χ4n) is 2.62. The van der Waals surface area contributed by atoms with Gasteiger partial charge in [-0.25, -0.2) is 9.97 Å². The molecule has 9 nitrogen and oxygen atoms in total. The van der Waals surface area contributed by atoms with Crippen LogP contribution in [0.4, 0.5) is 17.3 Å². The normalized spacial score (nSPS) is 10.4. The molecule has 0 aliphatic heterocycles. The van der Waals surface area contributed by atoms with Crippen molar-refractivity contribution >= 4 is 23.3 Å². The van der Waals surface area contributed by atoms with Crippen LogP contribution in [0, 0.1) is 10.1 Å². The predicted molar refractivity (Wildman–Crippen MR) is 102 cm³/mol. The first-order chi connectivity index (χ1) is 12.7. The van der Waals surface area contributed by atoms with Gasteiger partial charge in [-0.3, -0.25) is 14.9 Å². The lowest BCUT2D eigenvalue weighted by Crippen LogP contribution is -2.23. The van der Waals surface area contributed by atoms with Gasteiger partial charge in [-0.2, -0.15) is 0 Å². The molecular formula is C18H23N5O4. The number of carbonyl (C=O) groups excluding carboxylic acids is 1. The molecule has 0 aliphatic rings. The predicted octanol–water partition coefficient (Wildman–Crippen LogP) is 1.82. The number of carbonyl (C=O) groups is 1. The summed E-state index contributed by atoms with van der Waals surface area (Å²) in [4.78, 5) is 35.0. The summed E-state index contributed by atoms with van der Waals surface area (Å²) in [5.41, 5.74) is 1.58. The quantitative estimate of drug-likeness (QED) is 0.411. The molecule has 0 bridgehead atoms. The Bertz CT molecular complexity index is 805. The molecule has 0 amide bonds. The zero-order chi connectivity index (χ0) is 20.1. The lowest BCUT2D eigenvalue weighted by atomic mass is 10.1. The van der Waals surface area contributed by atoms with Gasteiger partial charge < -0.3 is 14.5 Å². The van der Waals surface area contributed by atoms with E-state index >= 15 is 0 Å². The van der Waals surface area contributed by atoms with Crippen LogP contribution in [0.1, 0.15) is 17.0 Å². The summed E-state index contributed by atoms with van der Waals surface area (Å²) in [5.74, 6) is 1.46. The van der Waals surface area contributed by atoms with Crippen LogP contribution in [0.15, 0.2) is 24.3 Å². The van der Waals surface area contributed by atoms with Crippen molar-refractivity contribution in [3.63, 3.8) is 0 Å². The summed E-state index contributed by atoms with van der Waals surface area (Å²) >= 11 is 0. The summed E-state index contributed by atoms with van der Waals surface area (Å²) in [7, 11) is 8.73. The van der Waals surface area contributed by atoms with Crippen LogP contribution in [-0.2, 0) is 22.4 Å². The largest absolute Gasteiger partial charge is 0.469 e. The van der Waals surface area contributed by atoms with E-state index in [4.69, 9.17) is 4.74 Å². The van der Waals surface area contributed by atoms with E-state index in [1.54, 1.807) is 12.1 Å². The zero-order valence-electron chi connectivity index (χ0n) is 16.1. The number of nitro groups is 1. The highest BCUT2D eigenvalue weighted by Gasteiger charge is 2.20. The number of non-ortho nitro benzene ring substituents is 1. The van der Waals surface area contributed by atoms with Crippen molar-refractivity contribution < 1.29 is 14.5 Å². The summed E-state index contributed by atoms with van der Waals surface area (Å²) < 4.78 is 4.79. The van der Waals surface area contributed by atoms with E-state index in [2.05, 4.69) is 9.97 Å². The lowest BCUT2D eigenvalue weighted by molar-refractivity contribution is -0.384. The van der Waals surface area contributed by atoms with Crippen LogP contribution in [0.5, 0.6) is 0 Å². The van der Waals surface area contributed by atoms with Crippen molar-refractivity contribution in [2.24, 2.45) is 0 Å². The Labute approximate surface area is 157 Å². The number of aromatic nitrogens is 2. The molecule has 9 heteroatoms. The molecule has 1 aromatic carbocycles. The first-order valence-electron chi connectivity index (χ1n) is 8.27. The van der Waals surface area contributed by atoms with Crippen LogP contribution in [0.2, 0.25) is 0 Å². The number of esters is 1. The number of ether oxygens (including phenoxy) is 1. The minimum absolute atomic E-state index is 0.0380. The maximum atomic E-state index is 11.8. The fourth-order valence-corrected chi connectivity index (χ4v) is 2.62. The standard InChI is InChI=1S/C18H23N5O4/c1-21(2)17-14(11-16(24)27-5)18(22(3)4)20-15(19-17)10-12-6-8-13(9-7-12)23(25)26/h6-9H,10-11H2,1-5H3/i6+1. The average Bonchev–Trinajstić information content (AvgIpc) is 2.62. The molecule has 1 heterocycles. The van der Waals surface area contributed by atoms with Gasteiger partial charge in [-0.1, -0.05) is 12.1 Å². The number of hydrogen-bond acceptors (Lipinski definition) is 8. The van der Waals surface area contributed by atoms with E-state index in [1.165, 1.54) is 19.2 Å². The minimum Gasteiger partial charge on any atom is -0.469 e. The number of anilines is 2. The molecule has 0 spiro atoms. The first-order valence-corrected chi connectivity index (χ1v) is 8.27. The highest BCUT2D eigenvalue weighted by Crippen LogP contribution is 2.27. The van der Waals surface area contributed by atoms with Crippen molar-refractivity contribution in [3.05, 3.63) is 51.3 Å². The van der Waals surface area contributed by atoms with E-state index in [9.17, 15) is 14.9 Å². The molecule has 0 fully saturated rings. The minimum atomic E-state index is -0.434. The molecule has 0 saturated carbocycles. The fraction of sp³-hybridized carbons (Fsp3) is 0.389. The molecule has 27 heavy (non-hydrogen) atoms. The third kappa shape index (κ3) is 4.90. The SMILES string of the molecule is COC(=O)Cc1c(N(C)C)nc(Cc2ccc([N+](=O)[O-])c[13cH]2)nc1N(C)C. The molecule has 0 unspecified atom stereocenters. The van der Waals surface area contributed by atoms with Gasteiger partial charge in [0.1, 0.15) is 17.5 Å². The van der Waals surface area contributed by atoms with Crippen molar-refractivity contribution in [1.82, 2.24) is 9.97 Å². The highest BCUT2D eigenvalue weighted by atomic mass is 16.6. The third-order valence-corrected chi connectivity index (χ3v) is 3.92. The summed E-state index contributed by atoms with van der Waals surface area (Å²) in [6.07, 6.45) is 0.480. The van der Waals surface area contributed by atoms with E-state index in [1.807, 2.05) is 38.0 Å². The Hall–Kier alpha value is -3.23. The van der Waals surface area contributed by atoms with Crippen LogP contribution in [-0.4, -0.2) is 56.2 Å². The lowest BCUT2D eigenvalue weighted by Gasteiger charge is -2.23. The Morgan fingerprint density at radius 2 is 1.59 bits per heavy atom. The second-order valence-electron chi connectivity index (χ2n) is 6.41. The van der Waals surface area contributed by atoms with Crippen molar-refractivity contribution in [1.29, 1.82) is 0 Å². The van der Waals surface area contributed by atoms with Crippen LogP contribution in [0.3, 0.4) is 0 Å². The smallest absolute Gasteiger partial charge is 0.310 e. The maximum Gasteiger partial charge on any atom is 0.310 e. The van der Waals surface area contributed by atoms with E-state index in [-0.39, 0.29) is 18.1 Å². The van der Waals surface area contributed by atoms with Gasteiger partial charge in [0.2, 0.25) is 0 Å². The van der Waals surface area contributed by atoms with Gasteiger partial charge in [0.05, 0.1) is 18.5 Å². The van der Waals surface area contributed by atoms with Gasteiger partial charge in [-0.15, -0.1) is 0 Å². The monoisotopic (exact) mass is 374 g/mol. The molecule has 1 aromatic heterocycles. The molecule has 144 valence electrons. The van der Waals surface area contributed by atoms with E-state index < -0.39 is 4.92 Å². The number of methoxy groups -OCH3 is 1. The van der Waals surface area contributed by atoms with Gasteiger partial charge in [0.25, 0.3) is 5.69 Å². The average molecular weight is 374 g/mol. The molecule has 0 radical (unpaired) electrons. The molecule has 0 saturated heterocycles. The topological polar surface area (TPSA) is 102 Å². The molecule has 2 rings (SSSR count). The number of benzene rings is 1. The van der Waals surface area contributed by atoms with Crippen LogP contribution >= 0.6 is 0 Å². The third-order valence-electron chi connectivity index (χ3n) is 3.92. The van der Waals surface area contributed by atoms with Gasteiger partial charge >= 0.3 is 5.97 Å². The van der Waals surface area contributed by atoms with Crippen LogP contribution in [0.25, 0.3) is 0 Å². The zero-order valence-corrected chi connectivity index (χ0v) is 16.1. The summed E-state index contributed by atoms with van der Waals surface area (Å²) in [5, 5.41) is 10.8. The Balaban J connectivity index is 2.45. The van der Waals surface area contributed by atoms with Gasteiger partial charge in [-0.05, 0) is 5.56 Å². The maximum absolute atomic E-state index is 11.8. The second kappa shape index (κ2) is 8.43. The number of nitrogens with zero attached hydrogens (tertiary/aromatic N) is 5. The highest BCUT2D eigenvalue weighted by molar-refractivity contribution is 5.77. The molecular weight excluding hydrogens is 351 g/mol. The van der Waals surface area contributed by atoms with Gasteiger partial charge in [0, 0.05) is 52.3 Å². The molecule has 2 aromatic rings. The number of hydrogen-bond donors (Lipinski definition) is 0. The number of nitro benzene ring substituents is 1. The molecule has 0 N–H and O–H groups in total. The molecule has 0 aliphatic carbocycles. The second-order valence-corrected chi connectivity index (χ2v) is 6.41. The summed E-state index contributed by atoms with van der Waals surface area (Å²) in [6, 6.07) is 6.30. The Morgan fingerprint density at radius 1 is 1.07 bits per heavy atom. The Kier molecular flexibility index (Phi) is 6.27. The number of rotatable bonds is 7. The van der Waals surface area contributed by atoms with E-state index in [0.29, 0.717) is 29.4 Å². The first kappa shape index (κ1) is 20.1. The van der Waals surface area contributed by atoms with Crippen molar-refractivity contribution in [2.45, 2.75) is 12.8 Å². The Morgan fingerprint density at radius 3 is 2.00 bits per heavy atom. The van der Waals surface area contributed by atoms with Crippen molar-refractivity contribution in [3.8, 4) is 0 Å². The van der Waals surface area contributed by atoms with E-state index in [0.717, 1.165) is 5.56 Å². The van der Waals surface area contributed by atoms with Gasteiger partial charge in [0.15, 0.2) is 0 Å². The van der Waals surface area contributed by atoms with Crippen molar-refractivity contribution in [2.75, 3.05) is 45.1 Å². The summed E-state index contributed by atoms with van der Waals surface area (Å²) in [6.45, 7) is 0.